The van der Waals surface area contributed by atoms with E-state index in [1.54, 1.807) is 4.90 Å². The number of carbonyl (C=O) groups is 2. The van der Waals surface area contributed by atoms with Gasteiger partial charge in [-0.15, -0.1) is 10.2 Å². The lowest BCUT2D eigenvalue weighted by molar-refractivity contribution is -0.154. The standard InChI is InChI=1S/C24H39N5O4/c1-6-16(7-2)15-32-22(30)20-13-19-12-17(9-11-21-25-27-28-26-21)8-10-18(19)14-29(20)23(31)33-24(3,4)5/h9,16,18-20H,6-8,10-15H2,1-5H3,(H,25,26,27,28)/b17-9+/t18-,19+,20-/m0/s1. The number of hydrogen-bond donors (Lipinski definition) is 1. The highest BCUT2D eigenvalue weighted by molar-refractivity contribution is 5.82. The number of rotatable bonds is 7. The van der Waals surface area contributed by atoms with Crippen molar-refractivity contribution in [1.29, 1.82) is 0 Å². The Hall–Kier alpha value is -2.45. The molecule has 2 heterocycles. The molecule has 1 aromatic rings. The summed E-state index contributed by atoms with van der Waals surface area (Å²) < 4.78 is 11.4. The van der Waals surface area contributed by atoms with Crippen LogP contribution in [-0.2, 0) is 20.7 Å². The molecule has 9 nitrogen and oxygen atoms in total. The van der Waals surface area contributed by atoms with Crippen LogP contribution in [0.1, 0.15) is 79.0 Å². The number of tetrazole rings is 1. The summed E-state index contributed by atoms with van der Waals surface area (Å²) in [5.74, 6) is 1.39. The number of likely N-dealkylation sites (tertiary alicyclic amines) is 1. The molecule has 1 saturated carbocycles. The zero-order valence-corrected chi connectivity index (χ0v) is 20.7. The van der Waals surface area contributed by atoms with Gasteiger partial charge in [0.2, 0.25) is 0 Å². The second-order valence-electron chi connectivity index (χ2n) is 10.4. The first kappa shape index (κ1) is 25.2. The van der Waals surface area contributed by atoms with Crippen LogP contribution in [0.5, 0.6) is 0 Å². The molecule has 0 aromatic carbocycles. The Morgan fingerprint density at radius 2 is 2.00 bits per heavy atom. The first-order chi connectivity index (χ1) is 15.7. The van der Waals surface area contributed by atoms with Gasteiger partial charge in [-0.2, -0.15) is 5.21 Å². The summed E-state index contributed by atoms with van der Waals surface area (Å²) in [5, 5.41) is 14.1. The van der Waals surface area contributed by atoms with Crippen LogP contribution in [0, 0.1) is 17.8 Å². The first-order valence-electron chi connectivity index (χ1n) is 12.3. The Bertz CT molecular complexity index is 813. The van der Waals surface area contributed by atoms with Gasteiger partial charge in [0.05, 0.1) is 6.61 Å². The van der Waals surface area contributed by atoms with Crippen LogP contribution in [0.3, 0.4) is 0 Å². The van der Waals surface area contributed by atoms with E-state index in [-0.39, 0.29) is 5.97 Å². The lowest BCUT2D eigenvalue weighted by Gasteiger charge is -2.45. The van der Waals surface area contributed by atoms with Crippen LogP contribution < -0.4 is 0 Å². The number of aromatic amines is 1. The zero-order valence-electron chi connectivity index (χ0n) is 20.7. The first-order valence-corrected chi connectivity index (χ1v) is 12.3. The van der Waals surface area contributed by atoms with Crippen molar-refractivity contribution in [2.45, 2.75) is 91.2 Å². The highest BCUT2D eigenvalue weighted by Crippen LogP contribution is 2.41. The van der Waals surface area contributed by atoms with Gasteiger partial charge in [0, 0.05) is 13.0 Å². The highest BCUT2D eigenvalue weighted by Gasteiger charge is 2.44. The molecule has 1 amide bonds. The van der Waals surface area contributed by atoms with E-state index in [1.807, 2.05) is 20.8 Å². The smallest absolute Gasteiger partial charge is 0.411 e. The molecule has 0 bridgehead atoms. The summed E-state index contributed by atoms with van der Waals surface area (Å²) in [7, 11) is 0. The molecule has 1 aliphatic carbocycles. The number of nitrogens with zero attached hydrogens (tertiary/aromatic N) is 4. The molecule has 3 rings (SSSR count). The summed E-state index contributed by atoms with van der Waals surface area (Å²) in [5.41, 5.74) is 0.742. The second-order valence-corrected chi connectivity index (χ2v) is 10.4. The van der Waals surface area contributed by atoms with E-state index >= 15 is 0 Å². The SMILES string of the molecule is CCC(CC)COC(=O)[C@@H]1C[C@H]2C/C(=C/Cc3nn[nH]n3)CC[C@H]2CN1C(=O)OC(C)(C)C. The third-order valence-electron chi connectivity index (χ3n) is 6.84. The molecule has 184 valence electrons. The molecule has 2 fully saturated rings. The van der Waals surface area contributed by atoms with E-state index in [4.69, 9.17) is 9.47 Å². The summed E-state index contributed by atoms with van der Waals surface area (Å²) in [6.45, 7) is 10.7. The van der Waals surface area contributed by atoms with E-state index < -0.39 is 17.7 Å². The van der Waals surface area contributed by atoms with Gasteiger partial charge in [0.25, 0.3) is 0 Å². The number of nitrogens with one attached hydrogen (secondary N) is 1. The minimum absolute atomic E-state index is 0.311. The van der Waals surface area contributed by atoms with Gasteiger partial charge in [-0.25, -0.2) is 9.59 Å². The quantitative estimate of drug-likeness (QED) is 0.481. The van der Waals surface area contributed by atoms with Crippen molar-refractivity contribution in [3.63, 3.8) is 0 Å². The number of esters is 1. The van der Waals surface area contributed by atoms with E-state index in [0.29, 0.717) is 49.6 Å². The Balaban J connectivity index is 1.71. The van der Waals surface area contributed by atoms with Crippen molar-refractivity contribution >= 4 is 12.1 Å². The minimum atomic E-state index is -0.616. The average molecular weight is 462 g/mol. The van der Waals surface area contributed by atoms with Gasteiger partial charge in [0.15, 0.2) is 5.82 Å². The molecule has 0 unspecified atom stereocenters. The number of ether oxygens (including phenoxy) is 2. The van der Waals surface area contributed by atoms with Gasteiger partial charge >= 0.3 is 12.1 Å². The van der Waals surface area contributed by atoms with E-state index in [2.05, 4.69) is 40.5 Å². The summed E-state index contributed by atoms with van der Waals surface area (Å²) in [6.07, 6.45) is 7.81. The topological polar surface area (TPSA) is 110 Å². The highest BCUT2D eigenvalue weighted by atomic mass is 16.6. The van der Waals surface area contributed by atoms with Gasteiger partial charge in [-0.1, -0.05) is 43.6 Å². The molecule has 0 radical (unpaired) electrons. The normalized spacial score (nSPS) is 24.6. The zero-order chi connectivity index (χ0) is 24.0. The van der Waals surface area contributed by atoms with Crippen LogP contribution in [0.15, 0.2) is 11.6 Å². The van der Waals surface area contributed by atoms with Gasteiger partial charge in [0.1, 0.15) is 11.6 Å². The van der Waals surface area contributed by atoms with Gasteiger partial charge < -0.3 is 9.47 Å². The van der Waals surface area contributed by atoms with Gasteiger partial charge in [-0.3, -0.25) is 4.90 Å². The summed E-state index contributed by atoms with van der Waals surface area (Å²) in [6, 6.07) is -0.605. The summed E-state index contributed by atoms with van der Waals surface area (Å²) >= 11 is 0. The Morgan fingerprint density at radius 1 is 1.24 bits per heavy atom. The molecule has 1 saturated heterocycles. The summed E-state index contributed by atoms with van der Waals surface area (Å²) in [4.78, 5) is 27.8. The predicted molar refractivity (Wildman–Crippen MR) is 123 cm³/mol. The maximum absolute atomic E-state index is 13.1. The molecule has 9 heteroatoms. The van der Waals surface area contributed by atoms with Crippen molar-refractivity contribution in [3.8, 4) is 0 Å². The molecule has 2 aliphatic rings. The van der Waals surface area contributed by atoms with Crippen molar-refractivity contribution in [1.82, 2.24) is 25.5 Å². The fourth-order valence-electron chi connectivity index (χ4n) is 4.78. The number of allylic oxidation sites excluding steroid dienone is 2. The Kier molecular flexibility index (Phi) is 8.48. The van der Waals surface area contributed by atoms with Crippen LogP contribution in [-0.4, -0.2) is 62.4 Å². The van der Waals surface area contributed by atoms with Crippen LogP contribution in [0.25, 0.3) is 0 Å². The van der Waals surface area contributed by atoms with Crippen molar-refractivity contribution in [2.24, 2.45) is 17.8 Å². The molecule has 0 spiro atoms. The van der Waals surface area contributed by atoms with Crippen LogP contribution >= 0.6 is 0 Å². The molecule has 1 aliphatic heterocycles. The maximum atomic E-state index is 13.1. The fraction of sp³-hybridized carbons (Fsp3) is 0.792. The Morgan fingerprint density at radius 3 is 2.64 bits per heavy atom. The number of aromatic nitrogens is 4. The number of hydrogen-bond acceptors (Lipinski definition) is 7. The maximum Gasteiger partial charge on any atom is 0.411 e. The largest absolute Gasteiger partial charge is 0.464 e. The van der Waals surface area contributed by atoms with E-state index in [9.17, 15) is 9.59 Å². The van der Waals surface area contributed by atoms with Crippen LogP contribution in [0.2, 0.25) is 0 Å². The van der Waals surface area contributed by atoms with Crippen LogP contribution in [0.4, 0.5) is 4.79 Å². The molecular formula is C24H39N5O4. The fourth-order valence-corrected chi connectivity index (χ4v) is 4.78. The lowest BCUT2D eigenvalue weighted by atomic mass is 9.71. The van der Waals surface area contributed by atoms with E-state index in [0.717, 1.165) is 32.1 Å². The van der Waals surface area contributed by atoms with Gasteiger partial charge in [-0.05, 0) is 64.2 Å². The number of carbonyl (C=O) groups excluding carboxylic acids is 2. The third kappa shape index (κ3) is 7.01. The molecular weight excluding hydrogens is 422 g/mol. The second kappa shape index (κ2) is 11.1. The molecule has 33 heavy (non-hydrogen) atoms. The molecule has 3 atom stereocenters. The molecule has 1 aromatic heterocycles. The monoisotopic (exact) mass is 461 g/mol. The molecule has 1 N–H and O–H groups in total. The number of fused-ring (bicyclic) bond motifs is 1. The predicted octanol–water partition coefficient (Wildman–Crippen LogP) is 4.07. The average Bonchev–Trinajstić information content (AvgIpc) is 3.29. The van der Waals surface area contributed by atoms with E-state index in [1.165, 1.54) is 5.57 Å². The third-order valence-corrected chi connectivity index (χ3v) is 6.84. The number of piperidine rings is 1. The number of H-pyrrole nitrogens is 1. The Labute approximate surface area is 196 Å². The van der Waals surface area contributed by atoms with Crippen molar-refractivity contribution in [2.75, 3.05) is 13.2 Å². The minimum Gasteiger partial charge on any atom is -0.464 e. The number of amides is 1. The van der Waals surface area contributed by atoms with Crippen molar-refractivity contribution in [3.05, 3.63) is 17.5 Å². The van der Waals surface area contributed by atoms with Crippen molar-refractivity contribution < 1.29 is 19.1 Å². The lowest BCUT2D eigenvalue weighted by Crippen LogP contribution is -2.55.